The van der Waals surface area contributed by atoms with E-state index in [0.717, 1.165) is 16.8 Å². The summed E-state index contributed by atoms with van der Waals surface area (Å²) in [7, 11) is 0. The van der Waals surface area contributed by atoms with Crippen molar-refractivity contribution in [3.63, 3.8) is 0 Å². The van der Waals surface area contributed by atoms with Crippen LogP contribution in [0.5, 0.6) is 0 Å². The van der Waals surface area contributed by atoms with Gasteiger partial charge in [0.2, 0.25) is 0 Å². The average molecular weight is 180 g/mol. The van der Waals surface area contributed by atoms with E-state index in [9.17, 15) is 0 Å². The lowest BCUT2D eigenvalue weighted by Crippen LogP contribution is -1.86. The number of aromatic nitrogens is 1. The lowest BCUT2D eigenvalue weighted by atomic mass is 10.1. The van der Waals surface area contributed by atoms with Gasteiger partial charge in [-0.15, -0.1) is 0 Å². The molecule has 0 N–H and O–H groups in total. The molecule has 1 aromatic rings. The van der Waals surface area contributed by atoms with Crippen molar-refractivity contribution in [1.29, 1.82) is 0 Å². The number of hydrogen-bond acceptors (Lipinski definition) is 1. The highest BCUT2D eigenvalue weighted by molar-refractivity contribution is 6.32. The number of pyridine rings is 1. The van der Waals surface area contributed by atoms with Crippen LogP contribution in [0.15, 0.2) is 25.4 Å². The third kappa shape index (κ3) is 1.74. The molecule has 1 nitrogen and oxygen atoms in total. The van der Waals surface area contributed by atoms with Crippen molar-refractivity contribution in [2.45, 2.75) is 6.92 Å². The molecular formula is C10H10ClN. The zero-order valence-corrected chi connectivity index (χ0v) is 7.73. The van der Waals surface area contributed by atoms with Crippen LogP contribution in [0, 0.1) is 0 Å². The van der Waals surface area contributed by atoms with Gasteiger partial charge < -0.3 is 0 Å². The fourth-order valence-electron chi connectivity index (χ4n) is 0.871. The van der Waals surface area contributed by atoms with Gasteiger partial charge in [0.15, 0.2) is 0 Å². The molecule has 0 amide bonds. The Labute approximate surface area is 77.4 Å². The van der Waals surface area contributed by atoms with E-state index in [4.69, 9.17) is 11.6 Å². The summed E-state index contributed by atoms with van der Waals surface area (Å²) in [5, 5.41) is 0.674. The van der Waals surface area contributed by atoms with E-state index in [2.05, 4.69) is 18.1 Å². The average Bonchev–Trinajstić information content (AvgIpc) is 2.03. The van der Waals surface area contributed by atoms with Crippen molar-refractivity contribution < 1.29 is 0 Å². The summed E-state index contributed by atoms with van der Waals surface area (Å²) >= 11 is 5.95. The van der Waals surface area contributed by atoms with Crippen LogP contribution in [0.2, 0.25) is 5.02 Å². The van der Waals surface area contributed by atoms with Crippen LogP contribution < -0.4 is 0 Å². The van der Waals surface area contributed by atoms with Gasteiger partial charge in [0, 0.05) is 11.8 Å². The Hall–Kier alpha value is -1.08. The van der Waals surface area contributed by atoms with E-state index in [1.165, 1.54) is 0 Å². The van der Waals surface area contributed by atoms with Crippen LogP contribution in [-0.2, 0) is 0 Å². The van der Waals surface area contributed by atoms with E-state index in [1.807, 2.05) is 6.92 Å². The lowest BCUT2D eigenvalue weighted by molar-refractivity contribution is 1.28. The van der Waals surface area contributed by atoms with E-state index in [1.54, 1.807) is 18.3 Å². The van der Waals surface area contributed by atoms with E-state index in [-0.39, 0.29) is 0 Å². The first-order valence-corrected chi connectivity index (χ1v) is 3.97. The molecule has 0 aliphatic rings. The SMILES string of the molecule is C=Cc1cc(Cl)c(C(=C)C)cn1. The standard InChI is InChI=1S/C10H10ClN/c1-4-8-5-10(11)9(6-12-8)7(2)3/h4-6H,1-2H2,3H3. The van der Waals surface area contributed by atoms with Crippen LogP contribution in [-0.4, -0.2) is 4.98 Å². The molecule has 0 aliphatic heterocycles. The number of halogens is 1. The number of nitrogens with zero attached hydrogens (tertiary/aromatic N) is 1. The van der Waals surface area contributed by atoms with E-state index < -0.39 is 0 Å². The van der Waals surface area contributed by atoms with Crippen LogP contribution in [0.3, 0.4) is 0 Å². The molecule has 0 aliphatic carbocycles. The Morgan fingerprint density at radius 3 is 2.75 bits per heavy atom. The topological polar surface area (TPSA) is 12.9 Å². The second-order valence-corrected chi connectivity index (χ2v) is 2.98. The first-order valence-electron chi connectivity index (χ1n) is 3.59. The number of rotatable bonds is 2. The second kappa shape index (κ2) is 3.55. The van der Waals surface area contributed by atoms with Crippen molar-refractivity contribution in [3.8, 4) is 0 Å². The first-order chi connectivity index (χ1) is 5.65. The van der Waals surface area contributed by atoms with Crippen molar-refractivity contribution >= 4 is 23.3 Å². The summed E-state index contributed by atoms with van der Waals surface area (Å²) in [5.41, 5.74) is 2.59. The molecule has 0 saturated carbocycles. The van der Waals surface area contributed by atoms with Gasteiger partial charge >= 0.3 is 0 Å². The lowest BCUT2D eigenvalue weighted by Gasteiger charge is -2.02. The maximum Gasteiger partial charge on any atom is 0.0639 e. The highest BCUT2D eigenvalue weighted by atomic mass is 35.5. The molecule has 0 spiro atoms. The second-order valence-electron chi connectivity index (χ2n) is 2.57. The first kappa shape index (κ1) is 9.01. The zero-order valence-electron chi connectivity index (χ0n) is 6.97. The third-order valence-corrected chi connectivity index (χ3v) is 1.86. The molecule has 1 rings (SSSR count). The summed E-state index contributed by atoms with van der Waals surface area (Å²) < 4.78 is 0. The Morgan fingerprint density at radius 2 is 2.33 bits per heavy atom. The Morgan fingerprint density at radius 1 is 1.67 bits per heavy atom. The highest BCUT2D eigenvalue weighted by Gasteiger charge is 2.01. The van der Waals surface area contributed by atoms with Gasteiger partial charge in [-0.05, 0) is 24.6 Å². The molecule has 2 heteroatoms. The number of allylic oxidation sites excluding steroid dienone is 1. The predicted octanol–water partition coefficient (Wildman–Crippen LogP) is 3.41. The Bertz CT molecular complexity index is 329. The fraction of sp³-hybridized carbons (Fsp3) is 0.100. The summed E-state index contributed by atoms with van der Waals surface area (Å²) in [5.74, 6) is 0. The molecule has 0 saturated heterocycles. The summed E-state index contributed by atoms with van der Waals surface area (Å²) in [4.78, 5) is 4.12. The smallest absolute Gasteiger partial charge is 0.0639 e. The maximum absolute atomic E-state index is 5.95. The van der Waals surface area contributed by atoms with Crippen molar-refractivity contribution in [2.75, 3.05) is 0 Å². The molecule has 0 fully saturated rings. The molecule has 62 valence electrons. The van der Waals surface area contributed by atoms with Crippen LogP contribution in [0.4, 0.5) is 0 Å². The Kier molecular flexibility index (Phi) is 2.66. The minimum atomic E-state index is 0.674. The minimum absolute atomic E-state index is 0.674. The molecule has 12 heavy (non-hydrogen) atoms. The van der Waals surface area contributed by atoms with Gasteiger partial charge in [0.1, 0.15) is 0 Å². The minimum Gasteiger partial charge on any atom is -0.256 e. The quantitative estimate of drug-likeness (QED) is 0.678. The van der Waals surface area contributed by atoms with Crippen molar-refractivity contribution in [2.24, 2.45) is 0 Å². The maximum atomic E-state index is 5.95. The van der Waals surface area contributed by atoms with E-state index >= 15 is 0 Å². The van der Waals surface area contributed by atoms with Gasteiger partial charge in [0.25, 0.3) is 0 Å². The van der Waals surface area contributed by atoms with Gasteiger partial charge in [-0.1, -0.05) is 24.8 Å². The van der Waals surface area contributed by atoms with Crippen molar-refractivity contribution in [1.82, 2.24) is 4.98 Å². The largest absolute Gasteiger partial charge is 0.256 e. The highest BCUT2D eigenvalue weighted by Crippen LogP contribution is 2.22. The zero-order chi connectivity index (χ0) is 9.14. The van der Waals surface area contributed by atoms with Gasteiger partial charge in [-0.3, -0.25) is 4.98 Å². The van der Waals surface area contributed by atoms with Crippen molar-refractivity contribution in [3.05, 3.63) is 41.7 Å². The van der Waals surface area contributed by atoms with Crippen LogP contribution >= 0.6 is 11.6 Å². The molecule has 0 bridgehead atoms. The van der Waals surface area contributed by atoms with Gasteiger partial charge in [-0.25, -0.2) is 0 Å². The Balaban J connectivity index is 3.20. The van der Waals surface area contributed by atoms with Gasteiger partial charge in [0.05, 0.1) is 10.7 Å². The molecule has 0 radical (unpaired) electrons. The monoisotopic (exact) mass is 179 g/mol. The molecule has 0 atom stereocenters. The van der Waals surface area contributed by atoms with Gasteiger partial charge in [-0.2, -0.15) is 0 Å². The third-order valence-electron chi connectivity index (χ3n) is 1.54. The molecule has 1 heterocycles. The van der Waals surface area contributed by atoms with Crippen LogP contribution in [0.1, 0.15) is 18.2 Å². The normalized spacial score (nSPS) is 9.50. The summed E-state index contributed by atoms with van der Waals surface area (Å²) in [6, 6.07) is 1.78. The summed E-state index contributed by atoms with van der Waals surface area (Å²) in [6.45, 7) is 9.29. The molecule has 1 aromatic heterocycles. The van der Waals surface area contributed by atoms with E-state index in [0.29, 0.717) is 5.02 Å². The fourth-order valence-corrected chi connectivity index (χ4v) is 1.19. The predicted molar refractivity (Wildman–Crippen MR) is 54.0 cm³/mol. The van der Waals surface area contributed by atoms with Crippen LogP contribution in [0.25, 0.3) is 11.6 Å². The number of hydrogen-bond donors (Lipinski definition) is 0. The molecule has 0 aromatic carbocycles. The summed E-state index contributed by atoms with van der Waals surface area (Å²) in [6.07, 6.45) is 3.37. The molecule has 0 unspecified atom stereocenters. The molecular weight excluding hydrogens is 170 g/mol.